The van der Waals surface area contributed by atoms with Crippen molar-refractivity contribution in [3.8, 4) is 5.75 Å². The highest BCUT2D eigenvalue weighted by Crippen LogP contribution is 2.20. The molecular weight excluding hydrogens is 326 g/mol. The zero-order valence-electron chi connectivity index (χ0n) is 12.7. The van der Waals surface area contributed by atoms with E-state index in [1.54, 1.807) is 30.3 Å². The van der Waals surface area contributed by atoms with Gasteiger partial charge in [0.2, 0.25) is 0 Å². The standard InChI is InChI=1S/C18H15NO4S/c20-18(19-24(21,22)17-8-2-1-3-9-17)13-23-16-11-10-14-6-4-5-7-15(14)12-16/h1-12H,13H2,(H,19,20). The zero-order chi connectivity index (χ0) is 17.0. The van der Waals surface area contributed by atoms with Crippen LogP contribution >= 0.6 is 0 Å². The molecule has 6 heteroatoms. The van der Waals surface area contributed by atoms with Crippen molar-refractivity contribution < 1.29 is 17.9 Å². The van der Waals surface area contributed by atoms with Gasteiger partial charge in [0, 0.05) is 0 Å². The first-order valence-electron chi connectivity index (χ1n) is 7.27. The van der Waals surface area contributed by atoms with Crippen LogP contribution in [0.4, 0.5) is 0 Å². The quantitative estimate of drug-likeness (QED) is 0.774. The zero-order valence-corrected chi connectivity index (χ0v) is 13.5. The molecule has 5 nitrogen and oxygen atoms in total. The maximum atomic E-state index is 12.0. The Bertz CT molecular complexity index is 968. The third kappa shape index (κ3) is 3.72. The summed E-state index contributed by atoms with van der Waals surface area (Å²) < 4.78 is 31.5. The first-order valence-corrected chi connectivity index (χ1v) is 8.75. The van der Waals surface area contributed by atoms with Crippen molar-refractivity contribution in [3.05, 3.63) is 72.8 Å². The summed E-state index contributed by atoms with van der Waals surface area (Å²) in [5.41, 5.74) is 0. The van der Waals surface area contributed by atoms with Gasteiger partial charge in [-0.15, -0.1) is 0 Å². The summed E-state index contributed by atoms with van der Waals surface area (Å²) in [6.45, 7) is -0.385. The molecule has 0 aliphatic heterocycles. The lowest BCUT2D eigenvalue weighted by molar-refractivity contribution is -0.121. The van der Waals surface area contributed by atoms with Crippen LogP contribution < -0.4 is 9.46 Å². The van der Waals surface area contributed by atoms with E-state index in [0.717, 1.165) is 10.8 Å². The van der Waals surface area contributed by atoms with Crippen molar-refractivity contribution in [1.82, 2.24) is 4.72 Å². The summed E-state index contributed by atoms with van der Waals surface area (Å²) in [7, 11) is -3.88. The molecule has 0 aliphatic carbocycles. The van der Waals surface area contributed by atoms with Crippen LogP contribution in [-0.2, 0) is 14.8 Å². The number of ether oxygens (including phenoxy) is 1. The van der Waals surface area contributed by atoms with Crippen molar-refractivity contribution in [2.24, 2.45) is 0 Å². The van der Waals surface area contributed by atoms with Crippen molar-refractivity contribution in [2.75, 3.05) is 6.61 Å². The maximum absolute atomic E-state index is 12.0. The molecule has 122 valence electrons. The Kier molecular flexibility index (Phi) is 4.48. The fraction of sp³-hybridized carbons (Fsp3) is 0.0556. The van der Waals surface area contributed by atoms with Gasteiger partial charge in [-0.25, -0.2) is 13.1 Å². The second kappa shape index (κ2) is 6.72. The van der Waals surface area contributed by atoms with Crippen LogP contribution in [-0.4, -0.2) is 20.9 Å². The van der Waals surface area contributed by atoms with Crippen LogP contribution in [0.15, 0.2) is 77.7 Å². The Morgan fingerprint density at radius 2 is 1.54 bits per heavy atom. The lowest BCUT2D eigenvalue weighted by Gasteiger charge is -2.09. The summed E-state index contributed by atoms with van der Waals surface area (Å²) in [5, 5.41) is 2.04. The van der Waals surface area contributed by atoms with Gasteiger partial charge in [-0.2, -0.15) is 0 Å². The molecule has 3 aromatic carbocycles. The molecule has 0 heterocycles. The number of rotatable bonds is 5. The number of sulfonamides is 1. The molecule has 0 atom stereocenters. The molecule has 0 spiro atoms. The van der Waals surface area contributed by atoms with Gasteiger partial charge in [0.25, 0.3) is 15.9 Å². The smallest absolute Gasteiger partial charge is 0.271 e. The second-order valence-electron chi connectivity index (χ2n) is 5.14. The molecule has 3 rings (SSSR count). The Hall–Kier alpha value is -2.86. The van der Waals surface area contributed by atoms with Crippen molar-refractivity contribution in [1.29, 1.82) is 0 Å². The van der Waals surface area contributed by atoms with E-state index in [0.29, 0.717) is 5.75 Å². The molecule has 3 aromatic rings. The number of hydrogen-bond donors (Lipinski definition) is 1. The number of nitrogens with one attached hydrogen (secondary N) is 1. The minimum absolute atomic E-state index is 0.0315. The highest BCUT2D eigenvalue weighted by Gasteiger charge is 2.17. The lowest BCUT2D eigenvalue weighted by Crippen LogP contribution is -2.34. The summed E-state index contributed by atoms with van der Waals surface area (Å²) in [6.07, 6.45) is 0. The van der Waals surface area contributed by atoms with Gasteiger partial charge in [-0.1, -0.05) is 48.5 Å². The normalized spacial score (nSPS) is 11.2. The Labute approximate surface area is 139 Å². The molecule has 0 saturated heterocycles. The number of carbonyl (C=O) groups is 1. The van der Waals surface area contributed by atoms with Gasteiger partial charge < -0.3 is 4.74 Å². The largest absolute Gasteiger partial charge is 0.484 e. The first kappa shape index (κ1) is 16.0. The SMILES string of the molecule is O=C(COc1ccc2ccccc2c1)NS(=O)(=O)c1ccccc1. The summed E-state index contributed by atoms with van der Waals surface area (Å²) in [5.74, 6) is -0.229. The molecule has 0 aromatic heterocycles. The number of carbonyl (C=O) groups excluding carboxylic acids is 1. The number of benzene rings is 3. The predicted octanol–water partition coefficient (Wildman–Crippen LogP) is 2.72. The van der Waals surface area contributed by atoms with E-state index in [1.807, 2.05) is 35.1 Å². The van der Waals surface area contributed by atoms with Gasteiger partial charge in [-0.05, 0) is 35.0 Å². The average molecular weight is 341 g/mol. The number of amides is 1. The highest BCUT2D eigenvalue weighted by atomic mass is 32.2. The van der Waals surface area contributed by atoms with Crippen LogP contribution in [0.1, 0.15) is 0 Å². The van der Waals surface area contributed by atoms with E-state index < -0.39 is 15.9 Å². The van der Waals surface area contributed by atoms with Gasteiger partial charge in [0.05, 0.1) is 4.90 Å². The van der Waals surface area contributed by atoms with Gasteiger partial charge in [0.1, 0.15) is 5.75 Å². The van der Waals surface area contributed by atoms with Crippen LogP contribution in [0.2, 0.25) is 0 Å². The van der Waals surface area contributed by atoms with Crippen molar-refractivity contribution >= 4 is 26.7 Å². The lowest BCUT2D eigenvalue weighted by atomic mass is 10.1. The van der Waals surface area contributed by atoms with E-state index in [4.69, 9.17) is 4.74 Å². The first-order chi connectivity index (χ1) is 11.5. The number of hydrogen-bond acceptors (Lipinski definition) is 4. The molecule has 1 N–H and O–H groups in total. The minimum atomic E-state index is -3.88. The minimum Gasteiger partial charge on any atom is -0.484 e. The Morgan fingerprint density at radius 1 is 0.875 bits per heavy atom. The molecular formula is C18H15NO4S. The Morgan fingerprint density at radius 3 is 2.29 bits per heavy atom. The molecule has 0 aliphatic rings. The van der Waals surface area contributed by atoms with Crippen LogP contribution in [0, 0.1) is 0 Å². The van der Waals surface area contributed by atoms with Crippen molar-refractivity contribution in [3.63, 3.8) is 0 Å². The molecule has 0 radical (unpaired) electrons. The van der Waals surface area contributed by atoms with Crippen LogP contribution in [0.5, 0.6) is 5.75 Å². The van der Waals surface area contributed by atoms with Crippen LogP contribution in [0.25, 0.3) is 10.8 Å². The number of fused-ring (bicyclic) bond motifs is 1. The molecule has 24 heavy (non-hydrogen) atoms. The monoisotopic (exact) mass is 341 g/mol. The third-order valence-corrected chi connectivity index (χ3v) is 4.78. The summed E-state index contributed by atoms with van der Waals surface area (Å²) in [4.78, 5) is 11.9. The van der Waals surface area contributed by atoms with Crippen molar-refractivity contribution in [2.45, 2.75) is 4.90 Å². The van der Waals surface area contributed by atoms with E-state index >= 15 is 0 Å². The molecule has 0 fully saturated rings. The van der Waals surface area contributed by atoms with E-state index in [1.165, 1.54) is 12.1 Å². The van der Waals surface area contributed by atoms with E-state index in [2.05, 4.69) is 0 Å². The average Bonchev–Trinajstić information content (AvgIpc) is 2.60. The van der Waals surface area contributed by atoms with Gasteiger partial charge >= 0.3 is 0 Å². The van der Waals surface area contributed by atoms with E-state index in [9.17, 15) is 13.2 Å². The second-order valence-corrected chi connectivity index (χ2v) is 6.82. The fourth-order valence-electron chi connectivity index (χ4n) is 2.24. The van der Waals surface area contributed by atoms with Crippen LogP contribution in [0.3, 0.4) is 0 Å². The predicted molar refractivity (Wildman–Crippen MR) is 91.2 cm³/mol. The van der Waals surface area contributed by atoms with Gasteiger partial charge in [-0.3, -0.25) is 4.79 Å². The van der Waals surface area contributed by atoms with Gasteiger partial charge in [0.15, 0.2) is 6.61 Å². The topological polar surface area (TPSA) is 72.5 Å². The van der Waals surface area contributed by atoms with E-state index in [-0.39, 0.29) is 11.5 Å². The highest BCUT2D eigenvalue weighted by molar-refractivity contribution is 7.90. The maximum Gasteiger partial charge on any atom is 0.271 e. The third-order valence-electron chi connectivity index (χ3n) is 3.39. The molecule has 0 bridgehead atoms. The molecule has 0 unspecified atom stereocenters. The summed E-state index contributed by atoms with van der Waals surface area (Å²) in [6, 6.07) is 20.9. The Balaban J connectivity index is 1.64. The summed E-state index contributed by atoms with van der Waals surface area (Å²) >= 11 is 0. The molecule has 0 saturated carbocycles. The molecule has 1 amide bonds. The fourth-order valence-corrected chi connectivity index (χ4v) is 3.24.